The number of rotatable bonds is 5. The number of aliphatic hydroxyl groups excluding tert-OH is 1. The Kier molecular flexibility index (Phi) is 4.55. The third-order valence-electron chi connectivity index (χ3n) is 3.45. The van der Waals surface area contributed by atoms with Crippen molar-refractivity contribution in [3.8, 4) is 0 Å². The van der Waals surface area contributed by atoms with Gasteiger partial charge < -0.3 is 9.67 Å². The lowest BCUT2D eigenvalue weighted by atomic mass is 10.0. The third kappa shape index (κ3) is 3.25. The summed E-state index contributed by atoms with van der Waals surface area (Å²) in [6.45, 7) is 9.30. The zero-order valence-electron chi connectivity index (χ0n) is 12.7. The fourth-order valence-electron chi connectivity index (χ4n) is 2.36. The molecule has 108 valence electrons. The Morgan fingerprint density at radius 3 is 2.50 bits per heavy atom. The van der Waals surface area contributed by atoms with Crippen molar-refractivity contribution < 1.29 is 5.11 Å². The summed E-state index contributed by atoms with van der Waals surface area (Å²) >= 11 is 0. The molecule has 1 heterocycles. The van der Waals surface area contributed by atoms with Crippen LogP contribution in [0.1, 0.15) is 42.2 Å². The van der Waals surface area contributed by atoms with E-state index in [9.17, 15) is 5.11 Å². The minimum atomic E-state index is -0.0630. The fourth-order valence-corrected chi connectivity index (χ4v) is 2.36. The predicted molar refractivity (Wildman–Crippen MR) is 79.5 cm³/mol. The maximum absolute atomic E-state index is 9.39. The van der Waals surface area contributed by atoms with Gasteiger partial charge in [-0.25, -0.2) is 0 Å². The molecule has 0 bridgehead atoms. The van der Waals surface area contributed by atoms with E-state index in [1.807, 2.05) is 4.57 Å². The van der Waals surface area contributed by atoms with Crippen LogP contribution in [0.4, 0.5) is 0 Å². The SMILES string of the molecule is Cc1ccc(C)c(Cc2nnc(CO)n2CC(C)C)c1. The second kappa shape index (κ2) is 6.18. The first-order valence-corrected chi connectivity index (χ1v) is 7.09. The van der Waals surface area contributed by atoms with Crippen LogP contribution in [0.15, 0.2) is 18.2 Å². The summed E-state index contributed by atoms with van der Waals surface area (Å²) in [5, 5.41) is 17.7. The zero-order valence-corrected chi connectivity index (χ0v) is 12.7. The molecule has 0 fully saturated rings. The Balaban J connectivity index is 2.33. The highest BCUT2D eigenvalue weighted by Crippen LogP contribution is 2.16. The van der Waals surface area contributed by atoms with Gasteiger partial charge in [-0.3, -0.25) is 0 Å². The molecule has 0 spiro atoms. The molecule has 4 nitrogen and oxygen atoms in total. The predicted octanol–water partition coefficient (Wildman–Crippen LogP) is 2.63. The van der Waals surface area contributed by atoms with Gasteiger partial charge in [-0.15, -0.1) is 10.2 Å². The van der Waals surface area contributed by atoms with Crippen LogP contribution < -0.4 is 0 Å². The lowest BCUT2D eigenvalue weighted by molar-refractivity contribution is 0.261. The van der Waals surface area contributed by atoms with Gasteiger partial charge >= 0.3 is 0 Å². The summed E-state index contributed by atoms with van der Waals surface area (Å²) in [5.74, 6) is 2.07. The summed E-state index contributed by atoms with van der Waals surface area (Å²) in [6, 6.07) is 6.46. The van der Waals surface area contributed by atoms with E-state index in [2.05, 4.69) is 56.1 Å². The lowest BCUT2D eigenvalue weighted by Gasteiger charge is -2.13. The second-order valence-electron chi connectivity index (χ2n) is 5.80. The summed E-state index contributed by atoms with van der Waals surface area (Å²) in [7, 11) is 0. The number of aromatic nitrogens is 3. The number of nitrogens with zero attached hydrogens (tertiary/aromatic N) is 3. The van der Waals surface area contributed by atoms with E-state index in [1.165, 1.54) is 16.7 Å². The van der Waals surface area contributed by atoms with E-state index in [-0.39, 0.29) is 6.61 Å². The molecule has 2 rings (SSSR count). The maximum atomic E-state index is 9.39. The van der Waals surface area contributed by atoms with Crippen LogP contribution in [0.25, 0.3) is 0 Å². The molecule has 2 aromatic rings. The van der Waals surface area contributed by atoms with Crippen LogP contribution in [0.2, 0.25) is 0 Å². The molecule has 1 N–H and O–H groups in total. The highest BCUT2D eigenvalue weighted by molar-refractivity contribution is 5.32. The van der Waals surface area contributed by atoms with Gasteiger partial charge in [0.2, 0.25) is 0 Å². The molecule has 0 radical (unpaired) electrons. The first-order chi connectivity index (χ1) is 9.51. The first kappa shape index (κ1) is 14.7. The van der Waals surface area contributed by atoms with E-state index in [0.29, 0.717) is 11.7 Å². The molecular weight excluding hydrogens is 250 g/mol. The topological polar surface area (TPSA) is 50.9 Å². The number of aliphatic hydroxyl groups is 1. The average Bonchev–Trinajstić information content (AvgIpc) is 2.75. The Hall–Kier alpha value is -1.68. The van der Waals surface area contributed by atoms with E-state index in [0.717, 1.165) is 18.8 Å². The monoisotopic (exact) mass is 273 g/mol. The molecule has 0 saturated carbocycles. The summed E-state index contributed by atoms with van der Waals surface area (Å²) in [5.41, 5.74) is 3.79. The van der Waals surface area contributed by atoms with Gasteiger partial charge in [0.25, 0.3) is 0 Å². The van der Waals surface area contributed by atoms with Crippen LogP contribution in [-0.2, 0) is 19.6 Å². The Morgan fingerprint density at radius 2 is 1.85 bits per heavy atom. The van der Waals surface area contributed by atoms with Gasteiger partial charge in [0, 0.05) is 13.0 Å². The largest absolute Gasteiger partial charge is 0.388 e. The van der Waals surface area contributed by atoms with Gasteiger partial charge in [0.1, 0.15) is 12.4 Å². The second-order valence-corrected chi connectivity index (χ2v) is 5.80. The van der Waals surface area contributed by atoms with Gasteiger partial charge in [0.15, 0.2) is 5.82 Å². The number of hydrogen-bond acceptors (Lipinski definition) is 3. The normalized spacial score (nSPS) is 11.3. The fraction of sp³-hybridized carbons (Fsp3) is 0.500. The average molecular weight is 273 g/mol. The van der Waals surface area contributed by atoms with Crippen molar-refractivity contribution >= 4 is 0 Å². The Labute approximate surface area is 120 Å². The smallest absolute Gasteiger partial charge is 0.158 e. The van der Waals surface area contributed by atoms with Crippen LogP contribution in [-0.4, -0.2) is 19.9 Å². The molecule has 0 aliphatic carbocycles. The van der Waals surface area contributed by atoms with Crippen molar-refractivity contribution in [1.29, 1.82) is 0 Å². The molecule has 0 aliphatic rings. The minimum absolute atomic E-state index is 0.0630. The molecule has 0 atom stereocenters. The van der Waals surface area contributed by atoms with Crippen molar-refractivity contribution in [2.24, 2.45) is 5.92 Å². The summed E-state index contributed by atoms with van der Waals surface area (Å²) in [6.07, 6.45) is 0.757. The molecule has 0 amide bonds. The lowest BCUT2D eigenvalue weighted by Crippen LogP contribution is -2.12. The zero-order chi connectivity index (χ0) is 14.7. The minimum Gasteiger partial charge on any atom is -0.388 e. The number of benzene rings is 1. The molecule has 0 saturated heterocycles. The highest BCUT2D eigenvalue weighted by Gasteiger charge is 2.13. The van der Waals surface area contributed by atoms with Crippen molar-refractivity contribution in [3.05, 3.63) is 46.5 Å². The number of aryl methyl sites for hydroxylation is 2. The first-order valence-electron chi connectivity index (χ1n) is 7.09. The van der Waals surface area contributed by atoms with Crippen molar-refractivity contribution in [3.63, 3.8) is 0 Å². The van der Waals surface area contributed by atoms with E-state index in [1.54, 1.807) is 0 Å². The molecule has 0 unspecified atom stereocenters. The molecule has 0 aliphatic heterocycles. The van der Waals surface area contributed by atoms with Crippen molar-refractivity contribution in [2.75, 3.05) is 0 Å². The van der Waals surface area contributed by atoms with Crippen LogP contribution in [0.3, 0.4) is 0 Å². The third-order valence-corrected chi connectivity index (χ3v) is 3.45. The van der Waals surface area contributed by atoms with Crippen LogP contribution >= 0.6 is 0 Å². The van der Waals surface area contributed by atoms with Crippen molar-refractivity contribution in [1.82, 2.24) is 14.8 Å². The van der Waals surface area contributed by atoms with Crippen molar-refractivity contribution in [2.45, 2.75) is 47.3 Å². The van der Waals surface area contributed by atoms with Crippen LogP contribution in [0, 0.1) is 19.8 Å². The van der Waals surface area contributed by atoms with Gasteiger partial charge in [-0.1, -0.05) is 37.6 Å². The maximum Gasteiger partial charge on any atom is 0.158 e. The Bertz CT molecular complexity index is 587. The van der Waals surface area contributed by atoms with Gasteiger partial charge in [-0.2, -0.15) is 0 Å². The molecular formula is C16H23N3O. The van der Waals surface area contributed by atoms with E-state index < -0.39 is 0 Å². The highest BCUT2D eigenvalue weighted by atomic mass is 16.3. The number of hydrogen-bond donors (Lipinski definition) is 1. The van der Waals surface area contributed by atoms with Crippen LogP contribution in [0.5, 0.6) is 0 Å². The molecule has 1 aromatic carbocycles. The quantitative estimate of drug-likeness (QED) is 0.911. The molecule has 4 heteroatoms. The summed E-state index contributed by atoms with van der Waals surface area (Å²) < 4.78 is 2.05. The van der Waals surface area contributed by atoms with Gasteiger partial charge in [-0.05, 0) is 30.9 Å². The van der Waals surface area contributed by atoms with E-state index >= 15 is 0 Å². The molecule has 1 aromatic heterocycles. The molecule has 20 heavy (non-hydrogen) atoms. The Morgan fingerprint density at radius 1 is 1.15 bits per heavy atom. The standard InChI is InChI=1S/C16H23N3O/c1-11(2)9-19-15(17-18-16(19)10-20)8-14-7-12(3)5-6-13(14)4/h5-7,11,20H,8-10H2,1-4H3. The van der Waals surface area contributed by atoms with Gasteiger partial charge in [0.05, 0.1) is 0 Å². The summed E-state index contributed by atoms with van der Waals surface area (Å²) in [4.78, 5) is 0. The van der Waals surface area contributed by atoms with E-state index in [4.69, 9.17) is 0 Å².